The second-order valence-corrected chi connectivity index (χ2v) is 6.27. The number of aliphatic hydroxyl groups excluding tert-OH is 1. The standard InChI is InChI=1S/C17H17Cl2NO2/c18-13-7-4-8-14(19)17(13)22-16-11-20(10-15(16)21)9-12-5-2-1-3-6-12/h1-8,15-16,21H,9-11H2/t15-,16-/m1/s1. The number of hydrogen-bond donors (Lipinski definition) is 1. The molecule has 1 heterocycles. The summed E-state index contributed by atoms with van der Waals surface area (Å²) in [5.74, 6) is 0.441. The van der Waals surface area contributed by atoms with E-state index in [1.165, 1.54) is 5.56 Å². The summed E-state index contributed by atoms with van der Waals surface area (Å²) < 4.78 is 5.86. The van der Waals surface area contributed by atoms with Crippen molar-refractivity contribution in [2.75, 3.05) is 13.1 Å². The zero-order valence-corrected chi connectivity index (χ0v) is 13.5. The molecule has 3 nitrogen and oxygen atoms in total. The Morgan fingerprint density at radius 3 is 2.36 bits per heavy atom. The van der Waals surface area contributed by atoms with Crippen LogP contribution < -0.4 is 4.74 Å². The highest BCUT2D eigenvalue weighted by Crippen LogP contribution is 2.34. The maximum Gasteiger partial charge on any atom is 0.157 e. The molecule has 0 unspecified atom stereocenters. The Morgan fingerprint density at radius 1 is 1.00 bits per heavy atom. The largest absolute Gasteiger partial charge is 0.483 e. The van der Waals surface area contributed by atoms with Crippen molar-refractivity contribution >= 4 is 23.2 Å². The van der Waals surface area contributed by atoms with E-state index in [9.17, 15) is 5.11 Å². The fourth-order valence-corrected chi connectivity index (χ4v) is 3.15. The van der Waals surface area contributed by atoms with Gasteiger partial charge in [0.25, 0.3) is 0 Å². The third-order valence-corrected chi connectivity index (χ3v) is 4.34. The Kier molecular flexibility index (Phi) is 4.89. The van der Waals surface area contributed by atoms with Crippen LogP contribution in [0.2, 0.25) is 10.0 Å². The molecule has 1 aliphatic heterocycles. The number of ether oxygens (including phenoxy) is 1. The predicted molar refractivity (Wildman–Crippen MR) is 88.6 cm³/mol. The van der Waals surface area contributed by atoms with Crippen molar-refractivity contribution in [2.45, 2.75) is 18.8 Å². The molecule has 2 atom stereocenters. The number of benzene rings is 2. The number of likely N-dealkylation sites (tertiary alicyclic amines) is 1. The summed E-state index contributed by atoms with van der Waals surface area (Å²) in [5, 5.41) is 11.1. The van der Waals surface area contributed by atoms with Gasteiger partial charge in [0.05, 0.1) is 10.0 Å². The third-order valence-electron chi connectivity index (χ3n) is 3.75. The Morgan fingerprint density at radius 2 is 1.68 bits per heavy atom. The van der Waals surface area contributed by atoms with Gasteiger partial charge in [-0.2, -0.15) is 0 Å². The Bertz CT molecular complexity index is 616. The lowest BCUT2D eigenvalue weighted by Gasteiger charge is -2.18. The van der Waals surface area contributed by atoms with Crippen LogP contribution in [0.3, 0.4) is 0 Å². The first-order chi connectivity index (χ1) is 10.6. The van der Waals surface area contributed by atoms with Crippen LogP contribution >= 0.6 is 23.2 Å². The van der Waals surface area contributed by atoms with Crippen LogP contribution in [0, 0.1) is 0 Å². The highest BCUT2D eigenvalue weighted by molar-refractivity contribution is 6.37. The number of rotatable bonds is 4. The number of hydrogen-bond acceptors (Lipinski definition) is 3. The molecule has 116 valence electrons. The fraction of sp³-hybridized carbons (Fsp3) is 0.294. The molecule has 1 aliphatic rings. The molecular weight excluding hydrogens is 321 g/mol. The minimum absolute atomic E-state index is 0.332. The Hall–Kier alpha value is -1.26. The smallest absolute Gasteiger partial charge is 0.157 e. The fourth-order valence-electron chi connectivity index (χ4n) is 2.67. The molecular formula is C17H17Cl2NO2. The summed E-state index contributed by atoms with van der Waals surface area (Å²) in [7, 11) is 0. The van der Waals surface area contributed by atoms with Crippen LogP contribution in [0.4, 0.5) is 0 Å². The molecule has 0 aromatic heterocycles. The second kappa shape index (κ2) is 6.88. The molecule has 0 bridgehead atoms. The zero-order chi connectivity index (χ0) is 15.5. The molecule has 0 amide bonds. The quantitative estimate of drug-likeness (QED) is 0.924. The van der Waals surface area contributed by atoms with E-state index in [2.05, 4.69) is 17.0 Å². The van der Waals surface area contributed by atoms with Crippen molar-refractivity contribution in [1.29, 1.82) is 0 Å². The van der Waals surface area contributed by atoms with Crippen LogP contribution in [0.5, 0.6) is 5.75 Å². The molecule has 2 aromatic rings. The monoisotopic (exact) mass is 337 g/mol. The van der Waals surface area contributed by atoms with E-state index >= 15 is 0 Å². The van der Waals surface area contributed by atoms with Crippen molar-refractivity contribution in [1.82, 2.24) is 4.90 Å². The molecule has 1 fully saturated rings. The zero-order valence-electron chi connectivity index (χ0n) is 12.0. The minimum Gasteiger partial charge on any atom is -0.483 e. The van der Waals surface area contributed by atoms with E-state index < -0.39 is 6.10 Å². The molecule has 22 heavy (non-hydrogen) atoms. The van der Waals surface area contributed by atoms with Gasteiger partial charge in [-0.1, -0.05) is 59.6 Å². The van der Waals surface area contributed by atoms with Gasteiger partial charge >= 0.3 is 0 Å². The molecule has 0 saturated carbocycles. The summed E-state index contributed by atoms with van der Waals surface area (Å²) in [6.45, 7) is 1.99. The van der Waals surface area contributed by atoms with E-state index in [1.54, 1.807) is 18.2 Å². The van der Waals surface area contributed by atoms with E-state index in [-0.39, 0.29) is 6.10 Å². The minimum atomic E-state index is -0.559. The first kappa shape index (κ1) is 15.6. The third kappa shape index (κ3) is 3.55. The molecule has 2 aromatic carbocycles. The van der Waals surface area contributed by atoms with E-state index in [1.807, 2.05) is 18.2 Å². The molecule has 1 N–H and O–H groups in total. The molecule has 0 radical (unpaired) electrons. The number of β-amino-alcohol motifs (C(OH)–C–C–N with tert-alkyl or cyclic N) is 1. The van der Waals surface area contributed by atoms with Crippen molar-refractivity contribution in [3.8, 4) is 5.75 Å². The van der Waals surface area contributed by atoms with Crippen LogP contribution in [0.25, 0.3) is 0 Å². The molecule has 0 aliphatic carbocycles. The van der Waals surface area contributed by atoms with Gasteiger partial charge in [-0.3, -0.25) is 4.90 Å². The van der Waals surface area contributed by atoms with Crippen LogP contribution in [0.15, 0.2) is 48.5 Å². The first-order valence-corrected chi connectivity index (χ1v) is 7.94. The number of aliphatic hydroxyl groups is 1. The maximum absolute atomic E-state index is 10.2. The summed E-state index contributed by atoms with van der Waals surface area (Å²) in [4.78, 5) is 2.16. The molecule has 1 saturated heterocycles. The summed E-state index contributed by atoms with van der Waals surface area (Å²) in [5.41, 5.74) is 1.21. The molecule has 3 rings (SSSR count). The van der Waals surface area contributed by atoms with E-state index in [0.717, 1.165) is 6.54 Å². The first-order valence-electron chi connectivity index (χ1n) is 7.18. The lowest BCUT2D eigenvalue weighted by Crippen LogP contribution is -2.30. The average Bonchev–Trinajstić information content (AvgIpc) is 2.84. The second-order valence-electron chi connectivity index (χ2n) is 5.45. The Labute approximate surface area is 140 Å². The molecule has 0 spiro atoms. The average molecular weight is 338 g/mol. The normalized spacial score (nSPS) is 22.0. The van der Waals surface area contributed by atoms with Gasteiger partial charge in [0.15, 0.2) is 5.75 Å². The van der Waals surface area contributed by atoms with Crippen LogP contribution in [-0.4, -0.2) is 35.3 Å². The van der Waals surface area contributed by atoms with Crippen LogP contribution in [0.1, 0.15) is 5.56 Å². The maximum atomic E-state index is 10.2. The van der Waals surface area contributed by atoms with Gasteiger partial charge in [0, 0.05) is 19.6 Å². The van der Waals surface area contributed by atoms with Crippen molar-refractivity contribution in [2.24, 2.45) is 0 Å². The van der Waals surface area contributed by atoms with E-state index in [0.29, 0.717) is 28.9 Å². The summed E-state index contributed by atoms with van der Waals surface area (Å²) in [6, 6.07) is 15.4. The van der Waals surface area contributed by atoms with Gasteiger partial charge in [-0.05, 0) is 17.7 Å². The van der Waals surface area contributed by atoms with Crippen molar-refractivity contribution in [3.63, 3.8) is 0 Å². The Balaban J connectivity index is 1.66. The van der Waals surface area contributed by atoms with Gasteiger partial charge in [0.2, 0.25) is 0 Å². The van der Waals surface area contributed by atoms with Crippen molar-refractivity contribution < 1.29 is 9.84 Å². The topological polar surface area (TPSA) is 32.7 Å². The number of nitrogens with zero attached hydrogens (tertiary/aromatic N) is 1. The number of para-hydroxylation sites is 1. The predicted octanol–water partition coefficient (Wildman–Crippen LogP) is 3.62. The van der Waals surface area contributed by atoms with Gasteiger partial charge in [-0.25, -0.2) is 0 Å². The highest BCUT2D eigenvalue weighted by atomic mass is 35.5. The molecule has 5 heteroatoms. The van der Waals surface area contributed by atoms with Gasteiger partial charge in [-0.15, -0.1) is 0 Å². The van der Waals surface area contributed by atoms with Crippen LogP contribution in [-0.2, 0) is 6.54 Å². The lowest BCUT2D eigenvalue weighted by molar-refractivity contribution is 0.0738. The lowest BCUT2D eigenvalue weighted by atomic mass is 10.2. The van der Waals surface area contributed by atoms with Crippen molar-refractivity contribution in [3.05, 3.63) is 64.1 Å². The summed E-state index contributed by atoms with van der Waals surface area (Å²) >= 11 is 12.2. The van der Waals surface area contributed by atoms with E-state index in [4.69, 9.17) is 27.9 Å². The highest BCUT2D eigenvalue weighted by Gasteiger charge is 2.33. The summed E-state index contributed by atoms with van der Waals surface area (Å²) in [6.07, 6.45) is -0.892. The van der Waals surface area contributed by atoms with Gasteiger partial charge < -0.3 is 9.84 Å². The number of halogens is 2. The SMILES string of the molecule is O[C@@H]1CN(Cc2ccccc2)C[C@H]1Oc1c(Cl)cccc1Cl. The van der Waals surface area contributed by atoms with Gasteiger partial charge in [0.1, 0.15) is 12.2 Å².